The van der Waals surface area contributed by atoms with Crippen molar-refractivity contribution in [2.24, 2.45) is 5.73 Å². The summed E-state index contributed by atoms with van der Waals surface area (Å²) < 4.78 is 0. The number of aromatic nitrogens is 1. The van der Waals surface area contributed by atoms with Gasteiger partial charge in [0.2, 0.25) is 5.91 Å². The summed E-state index contributed by atoms with van der Waals surface area (Å²) in [6, 6.07) is 10.3. The number of amides is 2. The third-order valence-electron chi connectivity index (χ3n) is 4.25. The molecule has 0 radical (unpaired) electrons. The van der Waals surface area contributed by atoms with Gasteiger partial charge < -0.3 is 11.1 Å². The van der Waals surface area contributed by atoms with Crippen LogP contribution in [-0.4, -0.2) is 16.8 Å². The second-order valence-corrected chi connectivity index (χ2v) is 6.85. The highest BCUT2D eigenvalue weighted by molar-refractivity contribution is 6.40. The van der Waals surface area contributed by atoms with E-state index in [9.17, 15) is 9.59 Å². The van der Waals surface area contributed by atoms with Crippen LogP contribution < -0.4 is 11.1 Å². The topological polar surface area (TPSA) is 85.1 Å². The molecule has 1 heterocycles. The van der Waals surface area contributed by atoms with Gasteiger partial charge in [-0.05, 0) is 41.8 Å². The Morgan fingerprint density at radius 1 is 1.14 bits per heavy atom. The molecule has 0 spiro atoms. The number of carbonyl (C=O) groups is 2. The van der Waals surface area contributed by atoms with Crippen LogP contribution in [0.4, 0.5) is 5.69 Å². The largest absolute Gasteiger partial charge is 0.366 e. The van der Waals surface area contributed by atoms with Gasteiger partial charge in [-0.3, -0.25) is 14.6 Å². The van der Waals surface area contributed by atoms with Crippen molar-refractivity contribution in [3.8, 4) is 0 Å². The average molecular weight is 414 g/mol. The third-order valence-corrected chi connectivity index (χ3v) is 4.88. The average Bonchev–Trinajstić information content (AvgIpc) is 2.66. The van der Waals surface area contributed by atoms with Crippen molar-refractivity contribution in [2.45, 2.75) is 13.3 Å². The number of pyridine rings is 1. The number of nitrogens with zero attached hydrogens (tertiary/aromatic N) is 1. The fourth-order valence-corrected chi connectivity index (χ4v) is 3.50. The second-order valence-electron chi connectivity index (χ2n) is 6.04. The molecule has 3 N–H and O–H groups in total. The molecule has 1 aromatic heterocycles. The highest BCUT2D eigenvalue weighted by atomic mass is 35.5. The summed E-state index contributed by atoms with van der Waals surface area (Å²) in [5, 5.41) is 4.14. The number of benzene rings is 2. The molecule has 0 saturated heterocycles. The van der Waals surface area contributed by atoms with E-state index in [-0.39, 0.29) is 15.6 Å². The molecule has 2 amide bonds. The zero-order valence-electron chi connectivity index (χ0n) is 15.0. The van der Waals surface area contributed by atoms with E-state index < -0.39 is 11.8 Å². The van der Waals surface area contributed by atoms with Crippen LogP contribution in [0, 0.1) is 0 Å². The van der Waals surface area contributed by atoms with Gasteiger partial charge in [-0.25, -0.2) is 0 Å². The number of halogens is 2. The SMILES string of the molecule is CCc1cnc2c(NC(=O)c3c(Cl)cccc3Cl)cccc2c1/C=C/C(N)=O. The first-order chi connectivity index (χ1) is 13.4. The molecule has 5 nitrogen and oxygen atoms in total. The first kappa shape index (κ1) is 19.9. The number of fused-ring (bicyclic) bond motifs is 1. The van der Waals surface area contributed by atoms with Crippen LogP contribution in [0.15, 0.2) is 48.7 Å². The van der Waals surface area contributed by atoms with Gasteiger partial charge in [0, 0.05) is 17.7 Å². The van der Waals surface area contributed by atoms with Crippen LogP contribution in [-0.2, 0) is 11.2 Å². The zero-order valence-corrected chi connectivity index (χ0v) is 16.5. The van der Waals surface area contributed by atoms with E-state index >= 15 is 0 Å². The summed E-state index contributed by atoms with van der Waals surface area (Å²) in [5.41, 5.74) is 8.32. The molecule has 0 bridgehead atoms. The number of aryl methyl sites for hydroxylation is 1. The molecule has 0 fully saturated rings. The number of primary amides is 1. The maximum absolute atomic E-state index is 12.7. The molecule has 0 aliphatic rings. The normalized spacial score (nSPS) is 11.1. The van der Waals surface area contributed by atoms with Crippen molar-refractivity contribution in [1.29, 1.82) is 0 Å². The number of carbonyl (C=O) groups excluding carboxylic acids is 2. The number of anilines is 1. The number of nitrogens with two attached hydrogens (primary N) is 1. The van der Waals surface area contributed by atoms with E-state index in [4.69, 9.17) is 28.9 Å². The van der Waals surface area contributed by atoms with Crippen LogP contribution in [0.1, 0.15) is 28.4 Å². The van der Waals surface area contributed by atoms with E-state index in [1.807, 2.05) is 13.0 Å². The maximum atomic E-state index is 12.7. The summed E-state index contributed by atoms with van der Waals surface area (Å²) in [4.78, 5) is 28.4. The lowest BCUT2D eigenvalue weighted by Crippen LogP contribution is -2.14. The lowest BCUT2D eigenvalue weighted by molar-refractivity contribution is -0.113. The molecule has 0 unspecified atom stereocenters. The summed E-state index contributed by atoms with van der Waals surface area (Å²) in [7, 11) is 0. The van der Waals surface area contributed by atoms with Gasteiger partial charge >= 0.3 is 0 Å². The van der Waals surface area contributed by atoms with Gasteiger partial charge in [-0.15, -0.1) is 0 Å². The van der Waals surface area contributed by atoms with Crippen LogP contribution in [0.3, 0.4) is 0 Å². The van der Waals surface area contributed by atoms with E-state index in [1.165, 1.54) is 6.08 Å². The van der Waals surface area contributed by atoms with Gasteiger partial charge in [-0.1, -0.05) is 48.3 Å². The van der Waals surface area contributed by atoms with Gasteiger partial charge in [0.15, 0.2) is 0 Å². The molecule has 142 valence electrons. The zero-order chi connectivity index (χ0) is 20.3. The number of hydrogen-bond acceptors (Lipinski definition) is 3. The summed E-state index contributed by atoms with van der Waals surface area (Å²) >= 11 is 12.3. The molecule has 0 aliphatic carbocycles. The van der Waals surface area contributed by atoms with Gasteiger partial charge in [0.1, 0.15) is 0 Å². The van der Waals surface area contributed by atoms with Crippen LogP contribution in [0.25, 0.3) is 17.0 Å². The highest BCUT2D eigenvalue weighted by Crippen LogP contribution is 2.30. The minimum atomic E-state index is -0.537. The fraction of sp³-hybridized carbons (Fsp3) is 0.0952. The Kier molecular flexibility index (Phi) is 5.97. The van der Waals surface area contributed by atoms with E-state index in [0.717, 1.165) is 22.9 Å². The molecule has 2 aromatic carbocycles. The third kappa shape index (κ3) is 4.01. The Hall–Kier alpha value is -2.89. The quantitative estimate of drug-likeness (QED) is 0.585. The number of hydrogen-bond donors (Lipinski definition) is 2. The van der Waals surface area contributed by atoms with Crippen LogP contribution >= 0.6 is 23.2 Å². The fourth-order valence-electron chi connectivity index (χ4n) is 2.93. The monoisotopic (exact) mass is 413 g/mol. The van der Waals surface area contributed by atoms with E-state index in [0.29, 0.717) is 11.2 Å². The van der Waals surface area contributed by atoms with Gasteiger partial charge in [0.05, 0.1) is 26.8 Å². The lowest BCUT2D eigenvalue weighted by Gasteiger charge is -2.13. The molecular formula is C21H17Cl2N3O2. The smallest absolute Gasteiger partial charge is 0.258 e. The van der Waals surface area contributed by atoms with Gasteiger partial charge in [-0.2, -0.15) is 0 Å². The lowest BCUT2D eigenvalue weighted by atomic mass is 10.0. The minimum absolute atomic E-state index is 0.196. The Morgan fingerprint density at radius 2 is 1.82 bits per heavy atom. The molecule has 0 aliphatic heterocycles. The van der Waals surface area contributed by atoms with Crippen molar-refractivity contribution in [3.63, 3.8) is 0 Å². The van der Waals surface area contributed by atoms with Crippen molar-refractivity contribution in [3.05, 3.63) is 75.4 Å². The number of rotatable bonds is 5. The molecule has 3 aromatic rings. The summed E-state index contributed by atoms with van der Waals surface area (Å²) in [6.45, 7) is 2.00. The minimum Gasteiger partial charge on any atom is -0.366 e. The van der Waals surface area contributed by atoms with E-state index in [1.54, 1.807) is 42.6 Å². The predicted molar refractivity (Wildman–Crippen MR) is 114 cm³/mol. The number of nitrogens with one attached hydrogen (secondary N) is 1. The maximum Gasteiger partial charge on any atom is 0.258 e. The molecule has 3 rings (SSSR count). The van der Waals surface area contributed by atoms with E-state index in [2.05, 4.69) is 10.3 Å². The predicted octanol–water partition coefficient (Wildman–Crippen LogP) is 4.85. The second kappa shape index (κ2) is 8.42. The van der Waals surface area contributed by atoms with Crippen molar-refractivity contribution in [1.82, 2.24) is 4.98 Å². The summed E-state index contributed by atoms with van der Waals surface area (Å²) in [5.74, 6) is -0.969. The number of para-hydroxylation sites is 1. The Labute approximate surface area is 172 Å². The first-order valence-corrected chi connectivity index (χ1v) is 9.31. The van der Waals surface area contributed by atoms with Crippen LogP contribution in [0.2, 0.25) is 10.0 Å². The van der Waals surface area contributed by atoms with Crippen molar-refractivity contribution < 1.29 is 9.59 Å². The first-order valence-electron chi connectivity index (χ1n) is 8.55. The Balaban J connectivity index is 2.09. The molecule has 0 atom stereocenters. The van der Waals surface area contributed by atoms with Gasteiger partial charge in [0.25, 0.3) is 5.91 Å². The Morgan fingerprint density at radius 3 is 2.46 bits per heavy atom. The van der Waals surface area contributed by atoms with Crippen molar-refractivity contribution >= 4 is 57.7 Å². The Bertz CT molecular complexity index is 1090. The van der Waals surface area contributed by atoms with Crippen molar-refractivity contribution in [2.75, 3.05) is 5.32 Å². The molecule has 0 saturated carbocycles. The molecule has 7 heteroatoms. The molecular weight excluding hydrogens is 397 g/mol. The summed E-state index contributed by atoms with van der Waals surface area (Å²) in [6.07, 6.45) is 5.43. The highest BCUT2D eigenvalue weighted by Gasteiger charge is 2.17. The standard InChI is InChI=1S/C21H17Cl2N3O2/c1-2-12-11-25-20-14(13(12)9-10-18(24)27)5-3-8-17(20)26-21(28)19-15(22)6-4-7-16(19)23/h3-11H,2H2,1H3,(H2,24,27)(H,26,28)/b10-9+. The van der Waals surface area contributed by atoms with Crippen LogP contribution in [0.5, 0.6) is 0 Å². The molecule has 28 heavy (non-hydrogen) atoms.